The predicted molar refractivity (Wildman–Crippen MR) is 76.6 cm³/mol. The van der Waals surface area contributed by atoms with Crippen molar-refractivity contribution < 1.29 is 8.42 Å². The zero-order valence-corrected chi connectivity index (χ0v) is 12.3. The van der Waals surface area contributed by atoms with Gasteiger partial charge in [0.05, 0.1) is 4.90 Å². The lowest BCUT2D eigenvalue weighted by Crippen LogP contribution is -2.51. The number of halogens is 1. The number of sulfonamides is 1. The van der Waals surface area contributed by atoms with Crippen molar-refractivity contribution in [2.75, 3.05) is 6.54 Å². The van der Waals surface area contributed by atoms with Crippen molar-refractivity contribution in [1.82, 2.24) is 4.72 Å². The van der Waals surface area contributed by atoms with E-state index in [1.807, 2.05) is 0 Å². The Kier molecular flexibility index (Phi) is 4.50. The van der Waals surface area contributed by atoms with Gasteiger partial charge in [-0.05, 0) is 31.0 Å². The molecule has 0 unspecified atom stereocenters. The molecule has 0 atom stereocenters. The Morgan fingerprint density at radius 2 is 1.95 bits per heavy atom. The molecule has 0 heterocycles. The largest absolute Gasteiger partial charge is 0.324 e. The molecule has 2 rings (SSSR count). The molecule has 0 radical (unpaired) electrons. The molecule has 0 amide bonds. The number of rotatable bonds is 4. The maximum absolute atomic E-state index is 12.1. The third kappa shape index (κ3) is 3.92. The van der Waals surface area contributed by atoms with E-state index in [2.05, 4.69) is 4.72 Å². The number of benzene rings is 1. The highest BCUT2D eigenvalue weighted by Gasteiger charge is 2.29. The zero-order chi connectivity index (χ0) is 13.9. The molecule has 1 aromatic carbocycles. The molecule has 1 saturated carbocycles. The van der Waals surface area contributed by atoms with E-state index in [9.17, 15) is 8.42 Å². The third-order valence-corrected chi connectivity index (χ3v) is 5.20. The highest BCUT2D eigenvalue weighted by molar-refractivity contribution is 7.89. The first-order chi connectivity index (χ1) is 8.91. The number of nitrogens with two attached hydrogens (primary N) is 1. The first-order valence-electron chi connectivity index (χ1n) is 6.45. The van der Waals surface area contributed by atoms with E-state index < -0.39 is 15.6 Å². The van der Waals surface area contributed by atoms with Crippen LogP contribution in [0.3, 0.4) is 0 Å². The molecule has 1 aliphatic rings. The zero-order valence-electron chi connectivity index (χ0n) is 10.7. The first-order valence-corrected chi connectivity index (χ1v) is 8.32. The van der Waals surface area contributed by atoms with Gasteiger partial charge in [0.15, 0.2) is 0 Å². The first kappa shape index (κ1) is 14.8. The highest BCUT2D eigenvalue weighted by atomic mass is 35.5. The second-order valence-corrected chi connectivity index (χ2v) is 7.41. The van der Waals surface area contributed by atoms with Crippen molar-refractivity contribution in [3.05, 3.63) is 29.3 Å². The smallest absolute Gasteiger partial charge is 0.240 e. The van der Waals surface area contributed by atoms with E-state index in [4.69, 9.17) is 17.3 Å². The van der Waals surface area contributed by atoms with E-state index in [1.54, 1.807) is 12.1 Å². The molecule has 106 valence electrons. The highest BCUT2D eigenvalue weighted by Crippen LogP contribution is 2.25. The fourth-order valence-electron chi connectivity index (χ4n) is 2.39. The van der Waals surface area contributed by atoms with Crippen molar-refractivity contribution in [2.24, 2.45) is 5.73 Å². The van der Waals surface area contributed by atoms with Crippen LogP contribution in [0.2, 0.25) is 5.02 Å². The van der Waals surface area contributed by atoms with Gasteiger partial charge in [-0.15, -0.1) is 0 Å². The molecular weight excluding hydrogens is 284 g/mol. The molecule has 19 heavy (non-hydrogen) atoms. The summed E-state index contributed by atoms with van der Waals surface area (Å²) in [6.45, 7) is 0.280. The quantitative estimate of drug-likeness (QED) is 0.896. The number of hydrogen-bond acceptors (Lipinski definition) is 3. The summed E-state index contributed by atoms with van der Waals surface area (Å²) in [4.78, 5) is 0.180. The molecular formula is C13H19ClN2O2S. The van der Waals surface area contributed by atoms with Gasteiger partial charge in [-0.1, -0.05) is 36.9 Å². The molecule has 1 fully saturated rings. The van der Waals surface area contributed by atoms with Crippen molar-refractivity contribution in [3.63, 3.8) is 0 Å². The number of hydrogen-bond donors (Lipinski definition) is 2. The van der Waals surface area contributed by atoms with E-state index in [1.165, 1.54) is 18.6 Å². The van der Waals surface area contributed by atoms with Crippen molar-refractivity contribution in [3.8, 4) is 0 Å². The minimum absolute atomic E-state index is 0.180. The minimum Gasteiger partial charge on any atom is -0.324 e. The Hall–Kier alpha value is -0.620. The molecule has 0 saturated heterocycles. The van der Waals surface area contributed by atoms with Gasteiger partial charge in [0.25, 0.3) is 0 Å². The van der Waals surface area contributed by atoms with Crippen LogP contribution < -0.4 is 10.5 Å². The second-order valence-electron chi connectivity index (χ2n) is 5.20. The topological polar surface area (TPSA) is 72.2 Å². The third-order valence-electron chi connectivity index (χ3n) is 3.57. The Balaban J connectivity index is 2.05. The van der Waals surface area contributed by atoms with Crippen molar-refractivity contribution >= 4 is 21.6 Å². The Labute approximate surface area is 119 Å². The monoisotopic (exact) mass is 302 g/mol. The van der Waals surface area contributed by atoms with Gasteiger partial charge in [0.2, 0.25) is 10.0 Å². The summed E-state index contributed by atoms with van der Waals surface area (Å²) in [5.41, 5.74) is 5.81. The molecule has 1 aromatic rings. The van der Waals surface area contributed by atoms with Crippen LogP contribution in [0.4, 0.5) is 0 Å². The molecule has 3 N–H and O–H groups in total. The fourth-order valence-corrected chi connectivity index (χ4v) is 3.83. The maximum Gasteiger partial charge on any atom is 0.240 e. The van der Waals surface area contributed by atoms with E-state index in [0.29, 0.717) is 5.02 Å². The van der Waals surface area contributed by atoms with E-state index >= 15 is 0 Å². The predicted octanol–water partition coefficient (Wildman–Crippen LogP) is 2.28. The van der Waals surface area contributed by atoms with Crippen LogP contribution in [0.25, 0.3) is 0 Å². The SMILES string of the molecule is NC1(CNS(=O)(=O)c2cccc(Cl)c2)CCCCC1. The summed E-state index contributed by atoms with van der Waals surface area (Å²) in [5.74, 6) is 0. The molecule has 0 bridgehead atoms. The molecule has 0 spiro atoms. The summed E-state index contributed by atoms with van der Waals surface area (Å²) in [6.07, 6.45) is 5.04. The van der Waals surface area contributed by atoms with Crippen molar-refractivity contribution in [1.29, 1.82) is 0 Å². The Morgan fingerprint density at radius 1 is 1.26 bits per heavy atom. The molecule has 6 heteroatoms. The van der Waals surface area contributed by atoms with Gasteiger partial charge < -0.3 is 5.73 Å². The van der Waals surface area contributed by atoms with Crippen molar-refractivity contribution in [2.45, 2.75) is 42.5 Å². The summed E-state index contributed by atoms with van der Waals surface area (Å²) in [7, 11) is -3.53. The van der Waals surface area contributed by atoms with Crippen LogP contribution in [0, 0.1) is 0 Å². The lowest BCUT2D eigenvalue weighted by molar-refractivity contribution is 0.296. The Morgan fingerprint density at radius 3 is 2.58 bits per heavy atom. The van der Waals surface area contributed by atoms with Crippen LogP contribution in [0.5, 0.6) is 0 Å². The molecule has 0 aromatic heterocycles. The molecule has 1 aliphatic carbocycles. The fraction of sp³-hybridized carbons (Fsp3) is 0.538. The summed E-state index contributed by atoms with van der Waals surface area (Å²) < 4.78 is 26.9. The minimum atomic E-state index is -3.53. The summed E-state index contributed by atoms with van der Waals surface area (Å²) in [5, 5.41) is 0.406. The van der Waals surface area contributed by atoms with E-state index in [-0.39, 0.29) is 11.4 Å². The van der Waals surface area contributed by atoms with E-state index in [0.717, 1.165) is 25.7 Å². The Bertz CT molecular complexity index is 539. The summed E-state index contributed by atoms with van der Waals surface area (Å²) >= 11 is 5.81. The average molecular weight is 303 g/mol. The molecule has 0 aliphatic heterocycles. The molecule has 4 nitrogen and oxygen atoms in total. The second kappa shape index (κ2) is 5.79. The van der Waals surface area contributed by atoms with Gasteiger partial charge in [-0.25, -0.2) is 13.1 Å². The van der Waals surface area contributed by atoms with Crippen LogP contribution in [0.1, 0.15) is 32.1 Å². The lowest BCUT2D eigenvalue weighted by Gasteiger charge is -2.33. The van der Waals surface area contributed by atoms with Gasteiger partial charge in [-0.2, -0.15) is 0 Å². The summed E-state index contributed by atoms with van der Waals surface area (Å²) in [6, 6.07) is 6.23. The van der Waals surface area contributed by atoms with Crippen LogP contribution in [0.15, 0.2) is 29.2 Å². The van der Waals surface area contributed by atoms with Crippen LogP contribution in [-0.4, -0.2) is 20.5 Å². The number of nitrogens with one attached hydrogen (secondary N) is 1. The van der Waals surface area contributed by atoms with Gasteiger partial charge in [-0.3, -0.25) is 0 Å². The van der Waals surface area contributed by atoms with Gasteiger partial charge in [0, 0.05) is 17.1 Å². The normalized spacial score (nSPS) is 19.3. The standard InChI is InChI=1S/C13H19ClN2O2S/c14-11-5-4-6-12(9-11)19(17,18)16-10-13(15)7-2-1-3-8-13/h4-6,9,16H,1-3,7-8,10,15H2. The maximum atomic E-state index is 12.1. The average Bonchev–Trinajstić information content (AvgIpc) is 2.38. The van der Waals surface area contributed by atoms with Crippen LogP contribution in [-0.2, 0) is 10.0 Å². The van der Waals surface area contributed by atoms with Gasteiger partial charge >= 0.3 is 0 Å². The lowest BCUT2D eigenvalue weighted by atomic mass is 9.83. The van der Waals surface area contributed by atoms with Gasteiger partial charge in [0.1, 0.15) is 0 Å². The van der Waals surface area contributed by atoms with Crippen LogP contribution >= 0.6 is 11.6 Å².